The van der Waals surface area contributed by atoms with Crippen molar-refractivity contribution in [2.24, 2.45) is 0 Å². The first-order valence-corrected chi connectivity index (χ1v) is 9.03. The lowest BCUT2D eigenvalue weighted by Crippen LogP contribution is -2.44. The Kier molecular flexibility index (Phi) is 4.72. The first kappa shape index (κ1) is 18.4. The number of carbonyl (C=O) groups excluding carboxylic acids is 2. The summed E-state index contributed by atoms with van der Waals surface area (Å²) in [5.74, 6) is -1.92. The Hall–Kier alpha value is -3.00. The molecule has 2 aliphatic rings. The topological polar surface area (TPSA) is 90.5 Å². The number of fused-ring (bicyclic) bond motifs is 1. The van der Waals surface area contributed by atoms with Gasteiger partial charge in [0.1, 0.15) is 17.7 Å². The van der Waals surface area contributed by atoms with E-state index in [0.717, 1.165) is 5.56 Å². The minimum Gasteiger partial charge on any atom is -0.388 e. The van der Waals surface area contributed by atoms with Crippen molar-refractivity contribution in [2.75, 3.05) is 11.9 Å². The van der Waals surface area contributed by atoms with Crippen LogP contribution in [0.5, 0.6) is 0 Å². The Labute approximate surface area is 159 Å². The third kappa shape index (κ3) is 3.43. The lowest BCUT2D eigenvalue weighted by molar-refractivity contribution is -0.120. The molecule has 28 heavy (non-hydrogen) atoms. The zero-order chi connectivity index (χ0) is 19.8. The van der Waals surface area contributed by atoms with E-state index in [9.17, 15) is 23.5 Å². The predicted octanol–water partition coefficient (Wildman–Crippen LogP) is 2.35. The normalized spacial score (nSPS) is 23.2. The van der Waals surface area contributed by atoms with Crippen LogP contribution in [-0.2, 0) is 11.2 Å². The van der Waals surface area contributed by atoms with Gasteiger partial charge in [0.25, 0.3) is 0 Å². The molecule has 1 heterocycles. The van der Waals surface area contributed by atoms with Crippen LogP contribution in [0.2, 0.25) is 0 Å². The molecule has 0 spiro atoms. The number of carbonyl (C=O) groups is 2. The van der Waals surface area contributed by atoms with Crippen LogP contribution >= 0.6 is 0 Å². The molecule has 3 amide bonds. The number of rotatable bonds is 3. The number of benzene rings is 2. The van der Waals surface area contributed by atoms with Crippen LogP contribution < -0.4 is 16.0 Å². The van der Waals surface area contributed by atoms with Crippen molar-refractivity contribution in [3.63, 3.8) is 0 Å². The Morgan fingerprint density at radius 2 is 1.89 bits per heavy atom. The van der Waals surface area contributed by atoms with Gasteiger partial charge in [0.2, 0.25) is 5.91 Å². The maximum atomic E-state index is 14.7. The van der Waals surface area contributed by atoms with Crippen molar-refractivity contribution < 1.29 is 23.5 Å². The first-order chi connectivity index (χ1) is 13.4. The summed E-state index contributed by atoms with van der Waals surface area (Å²) in [6.07, 6.45) is 0.514. The third-order valence-electron chi connectivity index (χ3n) is 5.27. The number of nitrogens with one attached hydrogen (secondary N) is 3. The van der Waals surface area contributed by atoms with Gasteiger partial charge in [-0.15, -0.1) is 0 Å². The molecular weight excluding hydrogens is 368 g/mol. The number of aliphatic hydroxyl groups excluding tert-OH is 1. The molecule has 4 rings (SSSR count). The monoisotopic (exact) mass is 387 g/mol. The molecule has 3 atom stereocenters. The fourth-order valence-corrected chi connectivity index (χ4v) is 3.83. The quantitative estimate of drug-likeness (QED) is 0.652. The average Bonchev–Trinajstić information content (AvgIpc) is 3.20. The zero-order valence-electron chi connectivity index (χ0n) is 14.8. The van der Waals surface area contributed by atoms with E-state index in [0.29, 0.717) is 29.7 Å². The Morgan fingerprint density at radius 1 is 1.14 bits per heavy atom. The number of aliphatic hydroxyl groups is 1. The first-order valence-electron chi connectivity index (χ1n) is 9.03. The van der Waals surface area contributed by atoms with E-state index < -0.39 is 41.6 Å². The molecule has 0 aromatic heterocycles. The molecule has 2 aromatic carbocycles. The Morgan fingerprint density at radius 3 is 2.64 bits per heavy atom. The van der Waals surface area contributed by atoms with Gasteiger partial charge in [-0.1, -0.05) is 6.07 Å². The van der Waals surface area contributed by atoms with Crippen LogP contribution in [0.4, 0.5) is 19.3 Å². The van der Waals surface area contributed by atoms with Gasteiger partial charge < -0.3 is 21.1 Å². The van der Waals surface area contributed by atoms with Gasteiger partial charge in [0.15, 0.2) is 0 Å². The maximum absolute atomic E-state index is 14.7. The van der Waals surface area contributed by atoms with Gasteiger partial charge in [0.05, 0.1) is 6.10 Å². The van der Waals surface area contributed by atoms with Crippen molar-refractivity contribution in [3.8, 4) is 0 Å². The van der Waals surface area contributed by atoms with Crippen LogP contribution in [-0.4, -0.2) is 29.6 Å². The number of anilines is 1. The van der Waals surface area contributed by atoms with Gasteiger partial charge in [-0.05, 0) is 59.9 Å². The minimum absolute atomic E-state index is 0.193. The Bertz CT molecular complexity index is 933. The van der Waals surface area contributed by atoms with Gasteiger partial charge in [-0.3, -0.25) is 4.79 Å². The van der Waals surface area contributed by atoms with E-state index in [1.165, 1.54) is 30.3 Å². The molecule has 4 N–H and O–H groups in total. The van der Waals surface area contributed by atoms with Crippen LogP contribution in [0.3, 0.4) is 0 Å². The number of amides is 3. The number of hydrogen-bond acceptors (Lipinski definition) is 3. The average molecular weight is 387 g/mol. The predicted molar refractivity (Wildman–Crippen MR) is 97.8 cm³/mol. The highest BCUT2D eigenvalue weighted by Gasteiger charge is 2.39. The van der Waals surface area contributed by atoms with E-state index in [1.54, 1.807) is 6.07 Å². The van der Waals surface area contributed by atoms with Crippen LogP contribution in [0.25, 0.3) is 0 Å². The molecule has 1 aliphatic carbocycles. The summed E-state index contributed by atoms with van der Waals surface area (Å²) in [5.41, 5.74) is 2.14. The van der Waals surface area contributed by atoms with E-state index in [1.807, 2.05) is 0 Å². The smallest absolute Gasteiger partial charge is 0.319 e. The minimum atomic E-state index is -0.945. The van der Waals surface area contributed by atoms with Crippen LogP contribution in [0, 0.1) is 11.6 Å². The van der Waals surface area contributed by atoms with E-state index in [-0.39, 0.29) is 6.54 Å². The highest BCUT2D eigenvalue weighted by molar-refractivity contribution is 5.95. The number of halogens is 2. The van der Waals surface area contributed by atoms with Crippen molar-refractivity contribution in [1.82, 2.24) is 10.6 Å². The highest BCUT2D eigenvalue weighted by Crippen LogP contribution is 2.36. The molecular formula is C20H19F2N3O3. The summed E-state index contributed by atoms with van der Waals surface area (Å²) in [6, 6.07) is 6.61. The van der Waals surface area contributed by atoms with E-state index in [4.69, 9.17) is 0 Å². The molecule has 0 saturated carbocycles. The van der Waals surface area contributed by atoms with E-state index >= 15 is 0 Å². The molecule has 1 aliphatic heterocycles. The van der Waals surface area contributed by atoms with Crippen molar-refractivity contribution in [2.45, 2.75) is 30.9 Å². The van der Waals surface area contributed by atoms with Crippen molar-refractivity contribution in [1.29, 1.82) is 0 Å². The molecule has 1 fully saturated rings. The summed E-state index contributed by atoms with van der Waals surface area (Å²) >= 11 is 0. The summed E-state index contributed by atoms with van der Waals surface area (Å²) in [4.78, 5) is 24.5. The molecule has 6 nitrogen and oxygen atoms in total. The second kappa shape index (κ2) is 7.20. The molecule has 8 heteroatoms. The second-order valence-corrected chi connectivity index (χ2v) is 7.06. The summed E-state index contributed by atoms with van der Waals surface area (Å²) in [5, 5.41) is 17.7. The highest BCUT2D eigenvalue weighted by atomic mass is 19.1. The fourth-order valence-electron chi connectivity index (χ4n) is 3.83. The lowest BCUT2D eigenvalue weighted by atomic mass is 9.91. The molecule has 146 valence electrons. The number of urea groups is 1. The van der Waals surface area contributed by atoms with E-state index in [2.05, 4.69) is 16.0 Å². The van der Waals surface area contributed by atoms with Crippen molar-refractivity contribution in [3.05, 3.63) is 64.7 Å². The van der Waals surface area contributed by atoms with Crippen LogP contribution in [0.15, 0.2) is 36.4 Å². The SMILES string of the molecule is O=C(Nc1ccc(F)cc1)NC1C(=O)NCC1c1cc2c(cc1F)C(O)CC2. The number of hydrogen-bond donors (Lipinski definition) is 4. The molecule has 0 radical (unpaired) electrons. The number of aryl methyl sites for hydroxylation is 1. The van der Waals surface area contributed by atoms with Gasteiger partial charge >= 0.3 is 6.03 Å². The zero-order valence-corrected chi connectivity index (χ0v) is 14.8. The van der Waals surface area contributed by atoms with Crippen LogP contribution in [0.1, 0.15) is 35.1 Å². The third-order valence-corrected chi connectivity index (χ3v) is 5.27. The van der Waals surface area contributed by atoms with Gasteiger partial charge in [-0.2, -0.15) is 0 Å². The molecule has 3 unspecified atom stereocenters. The summed E-state index contributed by atoms with van der Waals surface area (Å²) in [6.45, 7) is 0.193. The fraction of sp³-hybridized carbons (Fsp3) is 0.300. The largest absolute Gasteiger partial charge is 0.388 e. The van der Waals surface area contributed by atoms with Gasteiger partial charge in [-0.25, -0.2) is 13.6 Å². The summed E-state index contributed by atoms with van der Waals surface area (Å²) in [7, 11) is 0. The van der Waals surface area contributed by atoms with Gasteiger partial charge in [0, 0.05) is 18.2 Å². The molecule has 2 aromatic rings. The Balaban J connectivity index is 1.53. The second-order valence-electron chi connectivity index (χ2n) is 7.06. The van der Waals surface area contributed by atoms with Crippen molar-refractivity contribution >= 4 is 17.6 Å². The molecule has 1 saturated heterocycles. The lowest BCUT2D eigenvalue weighted by Gasteiger charge is -2.20. The standard InChI is InChI=1S/C20H19F2N3O3/c21-11-2-4-12(5-3-11)24-20(28)25-18-15(9-23-19(18)27)14-7-10-1-6-17(26)13(10)8-16(14)22/h2-5,7-8,15,17-18,26H,1,6,9H2,(H,23,27)(H2,24,25,28). The maximum Gasteiger partial charge on any atom is 0.319 e. The molecule has 0 bridgehead atoms. The summed E-state index contributed by atoms with van der Waals surface area (Å²) < 4.78 is 27.6.